The molecule has 108 valence electrons. The molecular formula is C16H20FNO2. The van der Waals surface area contributed by atoms with Gasteiger partial charge in [-0.15, -0.1) is 0 Å². The zero-order valence-corrected chi connectivity index (χ0v) is 11.8. The van der Waals surface area contributed by atoms with Crippen LogP contribution in [-0.2, 0) is 6.54 Å². The summed E-state index contributed by atoms with van der Waals surface area (Å²) in [5.74, 6) is 1.60. The van der Waals surface area contributed by atoms with Gasteiger partial charge in [0.2, 0.25) is 0 Å². The first-order valence-corrected chi connectivity index (χ1v) is 6.79. The molecule has 3 nitrogen and oxygen atoms in total. The van der Waals surface area contributed by atoms with Gasteiger partial charge in [-0.1, -0.05) is 13.8 Å². The summed E-state index contributed by atoms with van der Waals surface area (Å²) >= 11 is 0. The predicted molar refractivity (Wildman–Crippen MR) is 76.7 cm³/mol. The summed E-state index contributed by atoms with van der Waals surface area (Å²) in [4.78, 5) is 0. The molecule has 1 aromatic heterocycles. The molecule has 0 bridgehead atoms. The van der Waals surface area contributed by atoms with Crippen LogP contribution in [-0.4, -0.2) is 17.8 Å². The molecule has 0 saturated carbocycles. The van der Waals surface area contributed by atoms with Crippen LogP contribution in [0.25, 0.3) is 11.3 Å². The summed E-state index contributed by atoms with van der Waals surface area (Å²) in [6.07, 6.45) is 0. The van der Waals surface area contributed by atoms with Gasteiger partial charge >= 0.3 is 0 Å². The van der Waals surface area contributed by atoms with Crippen molar-refractivity contribution in [1.29, 1.82) is 0 Å². The molecule has 0 unspecified atom stereocenters. The lowest BCUT2D eigenvalue weighted by Gasteiger charge is -2.19. The molecule has 0 spiro atoms. The first-order chi connectivity index (χ1) is 9.60. The number of nitrogens with one attached hydrogen (secondary N) is 1. The average Bonchev–Trinajstić information content (AvgIpc) is 2.89. The molecule has 0 aliphatic heterocycles. The topological polar surface area (TPSA) is 45.4 Å². The molecule has 2 N–H and O–H groups in total. The lowest BCUT2D eigenvalue weighted by Crippen LogP contribution is -2.36. The van der Waals surface area contributed by atoms with E-state index in [1.165, 1.54) is 12.1 Å². The van der Waals surface area contributed by atoms with Crippen LogP contribution in [0, 0.1) is 11.7 Å². The largest absolute Gasteiger partial charge is 0.460 e. The van der Waals surface area contributed by atoms with Gasteiger partial charge in [0, 0.05) is 11.6 Å². The van der Waals surface area contributed by atoms with Crippen molar-refractivity contribution in [3.8, 4) is 11.3 Å². The second-order valence-corrected chi connectivity index (χ2v) is 5.19. The van der Waals surface area contributed by atoms with Crippen molar-refractivity contribution in [1.82, 2.24) is 5.32 Å². The molecule has 4 heteroatoms. The van der Waals surface area contributed by atoms with Crippen LogP contribution in [0.4, 0.5) is 4.39 Å². The standard InChI is InChI=1S/C16H20FNO2/c1-11(2)15(10-19)18-9-14-7-8-16(20-14)12-3-5-13(17)6-4-12/h3-8,11,15,18-19H,9-10H2,1-2H3/t15-/m1/s1. The smallest absolute Gasteiger partial charge is 0.134 e. The fourth-order valence-corrected chi connectivity index (χ4v) is 1.98. The van der Waals surface area contributed by atoms with E-state index in [4.69, 9.17) is 4.42 Å². The Kier molecular flexibility index (Phi) is 4.93. The molecule has 0 amide bonds. The third-order valence-electron chi connectivity index (χ3n) is 3.33. The van der Waals surface area contributed by atoms with Crippen LogP contribution < -0.4 is 5.32 Å². The predicted octanol–water partition coefficient (Wildman–Crippen LogP) is 3.19. The summed E-state index contributed by atoms with van der Waals surface area (Å²) in [6, 6.07) is 10.0. The zero-order chi connectivity index (χ0) is 14.5. The lowest BCUT2D eigenvalue weighted by atomic mass is 10.1. The molecule has 0 radical (unpaired) electrons. The minimum absolute atomic E-state index is 0.0503. The molecule has 0 aliphatic carbocycles. The molecule has 2 aromatic rings. The highest BCUT2D eigenvalue weighted by molar-refractivity contribution is 5.57. The van der Waals surface area contributed by atoms with Crippen LogP contribution in [0.5, 0.6) is 0 Å². The third kappa shape index (κ3) is 3.68. The molecule has 20 heavy (non-hydrogen) atoms. The number of benzene rings is 1. The quantitative estimate of drug-likeness (QED) is 0.852. The number of halogens is 1. The van der Waals surface area contributed by atoms with Crippen LogP contribution in [0.1, 0.15) is 19.6 Å². The number of rotatable bonds is 6. The Balaban J connectivity index is 2.00. The molecule has 2 rings (SSSR count). The Bertz CT molecular complexity index is 534. The molecular weight excluding hydrogens is 257 g/mol. The molecule has 1 atom stereocenters. The minimum Gasteiger partial charge on any atom is -0.460 e. The molecule has 0 saturated heterocycles. The number of furan rings is 1. The second-order valence-electron chi connectivity index (χ2n) is 5.19. The van der Waals surface area contributed by atoms with Gasteiger partial charge in [-0.05, 0) is 42.3 Å². The van der Waals surface area contributed by atoms with Crippen molar-refractivity contribution in [2.45, 2.75) is 26.4 Å². The van der Waals surface area contributed by atoms with Crippen molar-refractivity contribution < 1.29 is 13.9 Å². The summed E-state index contributed by atoms with van der Waals surface area (Å²) in [6.45, 7) is 4.77. The highest BCUT2D eigenvalue weighted by atomic mass is 19.1. The summed E-state index contributed by atoms with van der Waals surface area (Å²) in [5, 5.41) is 12.5. The van der Waals surface area contributed by atoms with Crippen LogP contribution in [0.15, 0.2) is 40.8 Å². The van der Waals surface area contributed by atoms with Crippen molar-refractivity contribution >= 4 is 0 Å². The maximum absolute atomic E-state index is 12.9. The number of aliphatic hydroxyl groups excluding tert-OH is 1. The SMILES string of the molecule is CC(C)[C@@H](CO)NCc1ccc(-c2ccc(F)cc2)o1. The Morgan fingerprint density at radius 2 is 1.85 bits per heavy atom. The van der Waals surface area contributed by atoms with E-state index in [9.17, 15) is 9.50 Å². The number of aliphatic hydroxyl groups is 1. The van der Waals surface area contributed by atoms with Crippen LogP contribution >= 0.6 is 0 Å². The van der Waals surface area contributed by atoms with Crippen molar-refractivity contribution in [2.24, 2.45) is 5.92 Å². The van der Waals surface area contributed by atoms with E-state index in [0.29, 0.717) is 18.2 Å². The van der Waals surface area contributed by atoms with Gasteiger partial charge in [0.25, 0.3) is 0 Å². The maximum atomic E-state index is 12.9. The molecule has 1 aromatic carbocycles. The Hall–Kier alpha value is -1.65. The number of hydrogen-bond donors (Lipinski definition) is 2. The second kappa shape index (κ2) is 6.68. The van der Waals surface area contributed by atoms with Crippen LogP contribution in [0.3, 0.4) is 0 Å². The van der Waals surface area contributed by atoms with Crippen LogP contribution in [0.2, 0.25) is 0 Å². The maximum Gasteiger partial charge on any atom is 0.134 e. The average molecular weight is 277 g/mol. The summed E-state index contributed by atoms with van der Waals surface area (Å²) in [7, 11) is 0. The van der Waals surface area contributed by atoms with E-state index in [1.807, 2.05) is 12.1 Å². The molecule has 1 heterocycles. The summed E-state index contributed by atoms with van der Waals surface area (Å²) < 4.78 is 18.6. The minimum atomic E-state index is -0.259. The lowest BCUT2D eigenvalue weighted by molar-refractivity contribution is 0.207. The summed E-state index contributed by atoms with van der Waals surface area (Å²) in [5.41, 5.74) is 0.847. The monoisotopic (exact) mass is 277 g/mol. The molecule has 0 aliphatic rings. The van der Waals surface area contributed by atoms with E-state index < -0.39 is 0 Å². The van der Waals surface area contributed by atoms with E-state index in [0.717, 1.165) is 11.3 Å². The van der Waals surface area contributed by atoms with E-state index in [2.05, 4.69) is 19.2 Å². The fraction of sp³-hybridized carbons (Fsp3) is 0.375. The Morgan fingerprint density at radius 3 is 2.45 bits per heavy atom. The zero-order valence-electron chi connectivity index (χ0n) is 11.8. The fourth-order valence-electron chi connectivity index (χ4n) is 1.98. The Labute approximate surface area is 118 Å². The van der Waals surface area contributed by atoms with Gasteiger partial charge in [0.05, 0.1) is 13.2 Å². The van der Waals surface area contributed by atoms with Gasteiger partial charge in [-0.3, -0.25) is 0 Å². The van der Waals surface area contributed by atoms with Gasteiger partial charge in [-0.2, -0.15) is 0 Å². The van der Waals surface area contributed by atoms with E-state index in [1.54, 1.807) is 12.1 Å². The number of hydrogen-bond acceptors (Lipinski definition) is 3. The third-order valence-corrected chi connectivity index (χ3v) is 3.33. The van der Waals surface area contributed by atoms with Crippen molar-refractivity contribution in [3.05, 3.63) is 48.0 Å². The van der Waals surface area contributed by atoms with Crippen molar-refractivity contribution in [3.63, 3.8) is 0 Å². The Morgan fingerprint density at radius 1 is 1.15 bits per heavy atom. The van der Waals surface area contributed by atoms with Gasteiger partial charge in [0.1, 0.15) is 17.3 Å². The van der Waals surface area contributed by atoms with E-state index in [-0.39, 0.29) is 18.5 Å². The van der Waals surface area contributed by atoms with Crippen molar-refractivity contribution in [2.75, 3.05) is 6.61 Å². The van der Waals surface area contributed by atoms with E-state index >= 15 is 0 Å². The normalized spacial score (nSPS) is 12.8. The highest BCUT2D eigenvalue weighted by Gasteiger charge is 2.12. The van der Waals surface area contributed by atoms with Gasteiger partial charge in [-0.25, -0.2) is 4.39 Å². The van der Waals surface area contributed by atoms with Gasteiger partial charge in [0.15, 0.2) is 0 Å². The first-order valence-electron chi connectivity index (χ1n) is 6.79. The first kappa shape index (κ1) is 14.8. The highest BCUT2D eigenvalue weighted by Crippen LogP contribution is 2.22. The van der Waals surface area contributed by atoms with Gasteiger partial charge < -0.3 is 14.8 Å². The molecule has 0 fully saturated rings.